The van der Waals surface area contributed by atoms with Crippen LogP contribution < -0.4 is 5.56 Å². The van der Waals surface area contributed by atoms with Gasteiger partial charge in [0.05, 0.1) is 6.42 Å². The first-order chi connectivity index (χ1) is 15.1. The Labute approximate surface area is 180 Å². The third kappa shape index (κ3) is 3.80. The molecule has 5 rings (SSSR count). The van der Waals surface area contributed by atoms with Crippen LogP contribution in [0.1, 0.15) is 35.2 Å². The van der Waals surface area contributed by atoms with Gasteiger partial charge in [-0.2, -0.15) is 0 Å². The zero-order chi connectivity index (χ0) is 21.4. The lowest BCUT2D eigenvalue weighted by Crippen LogP contribution is -2.51. The average Bonchev–Trinajstić information content (AvgIpc) is 2.79. The number of aromatic nitrogens is 1. The third-order valence-electron chi connectivity index (χ3n) is 6.74. The summed E-state index contributed by atoms with van der Waals surface area (Å²) in [5, 5.41) is 0. The molecule has 0 spiro atoms. The van der Waals surface area contributed by atoms with Crippen molar-refractivity contribution in [3.05, 3.63) is 106 Å². The van der Waals surface area contributed by atoms with Gasteiger partial charge in [0.1, 0.15) is 5.82 Å². The summed E-state index contributed by atoms with van der Waals surface area (Å²) in [7, 11) is 0. The van der Waals surface area contributed by atoms with Crippen molar-refractivity contribution in [1.29, 1.82) is 0 Å². The van der Waals surface area contributed by atoms with Crippen LogP contribution >= 0.6 is 0 Å². The molecule has 0 unspecified atom stereocenters. The predicted molar refractivity (Wildman–Crippen MR) is 117 cm³/mol. The first-order valence-electron chi connectivity index (χ1n) is 10.9. The van der Waals surface area contributed by atoms with Crippen molar-refractivity contribution in [2.45, 2.75) is 31.2 Å². The highest BCUT2D eigenvalue weighted by atomic mass is 19.1. The lowest BCUT2D eigenvalue weighted by Gasteiger charge is -2.47. The fourth-order valence-corrected chi connectivity index (χ4v) is 5.28. The molecule has 2 aliphatic rings. The SMILES string of the molecule is O=C(Cc1ccccc1F)N1C[C@H]2C[C@@H](C1)[C@H](Cc1ccccc1)n1c2cccc1=O. The second kappa shape index (κ2) is 8.14. The first-order valence-corrected chi connectivity index (χ1v) is 10.9. The molecule has 1 saturated heterocycles. The third-order valence-corrected chi connectivity index (χ3v) is 6.74. The summed E-state index contributed by atoms with van der Waals surface area (Å²) in [5.41, 5.74) is 2.65. The molecule has 3 aromatic rings. The molecule has 2 bridgehead atoms. The molecule has 0 radical (unpaired) electrons. The van der Waals surface area contributed by atoms with Crippen LogP contribution in [0, 0.1) is 11.7 Å². The number of amides is 1. The topological polar surface area (TPSA) is 42.3 Å². The lowest BCUT2D eigenvalue weighted by atomic mass is 9.76. The van der Waals surface area contributed by atoms with Crippen LogP contribution in [0.15, 0.2) is 77.6 Å². The number of rotatable bonds is 4. The van der Waals surface area contributed by atoms with E-state index >= 15 is 0 Å². The fourth-order valence-electron chi connectivity index (χ4n) is 5.28. The van der Waals surface area contributed by atoms with E-state index in [0.29, 0.717) is 18.7 Å². The highest BCUT2D eigenvalue weighted by Crippen LogP contribution is 2.42. The van der Waals surface area contributed by atoms with E-state index in [2.05, 4.69) is 12.1 Å². The molecule has 0 aliphatic carbocycles. The van der Waals surface area contributed by atoms with Gasteiger partial charge in [-0.1, -0.05) is 54.6 Å². The van der Waals surface area contributed by atoms with Crippen molar-refractivity contribution >= 4 is 5.91 Å². The smallest absolute Gasteiger partial charge is 0.251 e. The van der Waals surface area contributed by atoms with Gasteiger partial charge in [-0.05, 0) is 42.0 Å². The lowest BCUT2D eigenvalue weighted by molar-refractivity contribution is -0.133. The number of nitrogens with zero attached hydrogens (tertiary/aromatic N) is 2. The monoisotopic (exact) mass is 416 g/mol. The number of piperidine rings is 1. The first kappa shape index (κ1) is 19.7. The number of likely N-dealkylation sites (tertiary alicyclic amines) is 1. The van der Waals surface area contributed by atoms with Gasteiger partial charge in [0.2, 0.25) is 5.91 Å². The number of halogens is 1. The van der Waals surface area contributed by atoms with Crippen LogP contribution in [-0.4, -0.2) is 28.5 Å². The maximum absolute atomic E-state index is 14.1. The van der Waals surface area contributed by atoms with Gasteiger partial charge in [-0.25, -0.2) is 4.39 Å². The van der Waals surface area contributed by atoms with Crippen LogP contribution in [0.5, 0.6) is 0 Å². The Morgan fingerprint density at radius 1 is 0.935 bits per heavy atom. The van der Waals surface area contributed by atoms with E-state index in [1.165, 1.54) is 11.6 Å². The summed E-state index contributed by atoms with van der Waals surface area (Å²) in [6.45, 7) is 1.17. The zero-order valence-electron chi connectivity index (χ0n) is 17.3. The Hall–Kier alpha value is -3.21. The van der Waals surface area contributed by atoms with Crippen LogP contribution in [0.2, 0.25) is 0 Å². The predicted octanol–water partition coefficient (Wildman–Crippen LogP) is 3.96. The number of carbonyl (C=O) groups is 1. The van der Waals surface area contributed by atoms with Gasteiger partial charge >= 0.3 is 0 Å². The molecular formula is C26H25FN2O2. The summed E-state index contributed by atoms with van der Waals surface area (Å²) in [5.74, 6) is -0.0720. The Morgan fingerprint density at radius 3 is 2.52 bits per heavy atom. The summed E-state index contributed by atoms with van der Waals surface area (Å²) in [6.07, 6.45) is 1.78. The van der Waals surface area contributed by atoms with Crippen molar-refractivity contribution in [3.8, 4) is 0 Å². The zero-order valence-corrected chi connectivity index (χ0v) is 17.3. The molecule has 0 saturated carbocycles. The summed E-state index contributed by atoms with van der Waals surface area (Å²) in [4.78, 5) is 27.8. The van der Waals surface area contributed by atoms with Gasteiger partial charge < -0.3 is 9.47 Å². The minimum atomic E-state index is -0.341. The number of hydrogen-bond donors (Lipinski definition) is 0. The number of fused-ring (bicyclic) bond motifs is 4. The van der Waals surface area contributed by atoms with E-state index in [4.69, 9.17) is 0 Å². The minimum Gasteiger partial charge on any atom is -0.341 e. The van der Waals surface area contributed by atoms with E-state index in [0.717, 1.165) is 18.5 Å². The Morgan fingerprint density at radius 2 is 1.71 bits per heavy atom. The largest absolute Gasteiger partial charge is 0.341 e. The molecule has 2 aliphatic heterocycles. The van der Waals surface area contributed by atoms with E-state index in [-0.39, 0.29) is 41.6 Å². The van der Waals surface area contributed by atoms with Crippen molar-refractivity contribution < 1.29 is 9.18 Å². The Balaban J connectivity index is 1.45. The molecule has 31 heavy (non-hydrogen) atoms. The average molecular weight is 416 g/mol. The van der Waals surface area contributed by atoms with E-state index in [9.17, 15) is 14.0 Å². The van der Waals surface area contributed by atoms with E-state index in [1.807, 2.05) is 39.8 Å². The van der Waals surface area contributed by atoms with Gasteiger partial charge in [0, 0.05) is 36.8 Å². The van der Waals surface area contributed by atoms with Gasteiger partial charge in [-0.15, -0.1) is 0 Å². The summed E-state index contributed by atoms with van der Waals surface area (Å²) < 4.78 is 16.0. The van der Waals surface area contributed by atoms with Crippen LogP contribution in [0.25, 0.3) is 0 Å². The van der Waals surface area contributed by atoms with Crippen LogP contribution in [0.3, 0.4) is 0 Å². The van der Waals surface area contributed by atoms with E-state index < -0.39 is 0 Å². The molecule has 158 valence electrons. The fraction of sp³-hybridized carbons (Fsp3) is 0.308. The van der Waals surface area contributed by atoms with Gasteiger partial charge in [0.25, 0.3) is 5.56 Å². The standard InChI is InChI=1S/C26H25FN2O2/c27-22-10-5-4-9-19(22)15-26(31)28-16-20-14-21(17-28)24(13-18-7-2-1-3-8-18)29-23(20)11-6-12-25(29)30/h1-12,20-21,24H,13-17H2/t20-,21+,24+/m1/s1. The number of pyridine rings is 1. The Kier molecular flexibility index (Phi) is 5.18. The molecule has 3 atom stereocenters. The quantitative estimate of drug-likeness (QED) is 0.646. The molecule has 4 nitrogen and oxygen atoms in total. The van der Waals surface area contributed by atoms with Crippen LogP contribution in [-0.2, 0) is 17.6 Å². The molecule has 1 fully saturated rings. The van der Waals surface area contributed by atoms with Crippen molar-refractivity contribution in [2.75, 3.05) is 13.1 Å². The molecule has 0 N–H and O–H groups in total. The molecule has 5 heteroatoms. The highest BCUT2D eigenvalue weighted by Gasteiger charge is 2.41. The van der Waals surface area contributed by atoms with Gasteiger partial charge in [0.15, 0.2) is 0 Å². The number of hydrogen-bond acceptors (Lipinski definition) is 2. The maximum atomic E-state index is 14.1. The molecule has 2 aromatic carbocycles. The molecule has 1 aromatic heterocycles. The van der Waals surface area contributed by atoms with Gasteiger partial charge in [-0.3, -0.25) is 9.59 Å². The summed E-state index contributed by atoms with van der Waals surface area (Å²) >= 11 is 0. The maximum Gasteiger partial charge on any atom is 0.251 e. The molecular weight excluding hydrogens is 391 g/mol. The Bertz CT molecular complexity index is 1160. The highest BCUT2D eigenvalue weighted by molar-refractivity contribution is 5.79. The van der Waals surface area contributed by atoms with Crippen LogP contribution in [0.4, 0.5) is 4.39 Å². The summed E-state index contributed by atoms with van der Waals surface area (Å²) in [6, 6.07) is 22.1. The van der Waals surface area contributed by atoms with E-state index in [1.54, 1.807) is 24.3 Å². The van der Waals surface area contributed by atoms with Crippen molar-refractivity contribution in [3.63, 3.8) is 0 Å². The normalized spacial score (nSPS) is 22.1. The van der Waals surface area contributed by atoms with Crippen molar-refractivity contribution in [1.82, 2.24) is 9.47 Å². The van der Waals surface area contributed by atoms with Crippen molar-refractivity contribution in [2.24, 2.45) is 5.92 Å². The number of benzene rings is 2. The number of carbonyl (C=O) groups excluding carboxylic acids is 1. The minimum absolute atomic E-state index is 0.00594. The second-order valence-corrected chi connectivity index (χ2v) is 8.68. The second-order valence-electron chi connectivity index (χ2n) is 8.68. The molecule has 3 heterocycles. The molecule has 1 amide bonds.